The molecule has 1 aromatic heterocycles. The Kier molecular flexibility index (Phi) is 4.02. The van der Waals surface area contributed by atoms with Crippen LogP contribution in [-0.4, -0.2) is 53.5 Å². The van der Waals surface area contributed by atoms with Crippen LogP contribution in [0.4, 0.5) is 0 Å². The number of amides is 1. The fourth-order valence-electron chi connectivity index (χ4n) is 3.98. The van der Waals surface area contributed by atoms with Crippen LogP contribution in [-0.2, 0) is 17.1 Å². The van der Waals surface area contributed by atoms with E-state index in [1.807, 2.05) is 0 Å². The first-order valence-corrected chi connectivity index (χ1v) is 9.36. The molecule has 1 atom stereocenters. The van der Waals surface area contributed by atoms with Crippen LogP contribution in [0.5, 0.6) is 0 Å². The number of aliphatic hydroxyl groups excluding tert-OH is 1. The number of nitrogens with zero attached hydrogens (tertiary/aromatic N) is 2. The summed E-state index contributed by atoms with van der Waals surface area (Å²) in [5, 5.41) is 12.9. The van der Waals surface area contributed by atoms with Crippen molar-refractivity contribution in [1.82, 2.24) is 14.2 Å². The molecule has 1 saturated carbocycles. The predicted octanol–water partition coefficient (Wildman–Crippen LogP) is 0.453. The summed E-state index contributed by atoms with van der Waals surface area (Å²) in [5.74, 6) is -0.328. The van der Waals surface area contributed by atoms with Crippen molar-refractivity contribution < 1.29 is 18.3 Å². The molecule has 1 aliphatic carbocycles. The molecule has 0 unspecified atom stereocenters. The normalized spacial score (nSPS) is 24.4. The van der Waals surface area contributed by atoms with Gasteiger partial charge in [-0.05, 0) is 25.3 Å². The molecule has 1 saturated heterocycles. The van der Waals surface area contributed by atoms with Crippen LogP contribution in [0.2, 0.25) is 0 Å². The number of hydrogen-bond acceptors (Lipinski definition) is 4. The largest absolute Gasteiger partial charge is 0.391 e. The molecule has 0 bridgehead atoms. The van der Waals surface area contributed by atoms with Crippen LogP contribution in [0.1, 0.15) is 42.6 Å². The topological polar surface area (TPSA) is 91.6 Å². The van der Waals surface area contributed by atoms with Gasteiger partial charge in [-0.25, -0.2) is 8.42 Å². The first-order valence-electron chi connectivity index (χ1n) is 7.92. The molecule has 8 heteroatoms. The van der Waals surface area contributed by atoms with E-state index in [1.54, 1.807) is 7.05 Å². The van der Waals surface area contributed by atoms with Crippen molar-refractivity contribution in [2.75, 3.05) is 13.6 Å². The molecule has 1 aliphatic heterocycles. The summed E-state index contributed by atoms with van der Waals surface area (Å²) < 4.78 is 29.2. The Balaban J connectivity index is 2.00. The molecule has 0 radical (unpaired) electrons. The highest BCUT2D eigenvalue weighted by Gasteiger charge is 2.54. The maximum Gasteiger partial charge on any atom is 0.267 e. The van der Waals surface area contributed by atoms with Gasteiger partial charge < -0.3 is 15.0 Å². The molecule has 0 aromatic carbocycles. The van der Waals surface area contributed by atoms with E-state index in [0.717, 1.165) is 12.8 Å². The summed E-state index contributed by atoms with van der Waals surface area (Å²) in [6, 6.07) is 1.40. The number of aliphatic hydroxyl groups is 1. The van der Waals surface area contributed by atoms with E-state index in [2.05, 4.69) is 5.32 Å². The van der Waals surface area contributed by atoms with Crippen LogP contribution in [0, 0.1) is 0 Å². The van der Waals surface area contributed by atoms with Crippen molar-refractivity contribution in [3.05, 3.63) is 18.0 Å². The SMILES string of the molecule is CNC(=O)c1cc(S(=O)(=O)N2CC[C@@H](O)C23CCCC3)cn1C. The number of aryl methyl sites for hydroxylation is 1. The van der Waals surface area contributed by atoms with E-state index in [-0.39, 0.29) is 10.8 Å². The lowest BCUT2D eigenvalue weighted by Crippen LogP contribution is -2.50. The molecule has 2 heterocycles. The van der Waals surface area contributed by atoms with Gasteiger partial charge in [0.25, 0.3) is 5.91 Å². The number of nitrogens with one attached hydrogen (secondary N) is 1. The number of carbonyl (C=O) groups is 1. The van der Waals surface area contributed by atoms with E-state index in [0.29, 0.717) is 31.5 Å². The zero-order chi connectivity index (χ0) is 16.8. The first kappa shape index (κ1) is 16.5. The Labute approximate surface area is 136 Å². The van der Waals surface area contributed by atoms with Crippen LogP contribution < -0.4 is 5.32 Å². The second kappa shape index (κ2) is 5.61. The average Bonchev–Trinajstić information content (AvgIpc) is 3.21. The van der Waals surface area contributed by atoms with Crippen LogP contribution in [0.25, 0.3) is 0 Å². The van der Waals surface area contributed by atoms with Gasteiger partial charge in [-0.3, -0.25) is 4.79 Å². The van der Waals surface area contributed by atoms with E-state index in [4.69, 9.17) is 0 Å². The second-order valence-corrected chi connectivity index (χ2v) is 8.31. The first-order chi connectivity index (χ1) is 10.8. The third kappa shape index (κ3) is 2.40. The van der Waals surface area contributed by atoms with Gasteiger partial charge in [-0.2, -0.15) is 4.31 Å². The molecule has 1 amide bonds. The van der Waals surface area contributed by atoms with Crippen LogP contribution in [0.15, 0.2) is 17.2 Å². The molecule has 2 aliphatic rings. The minimum absolute atomic E-state index is 0.110. The molecule has 2 fully saturated rings. The Bertz CT molecular complexity index is 719. The maximum atomic E-state index is 13.1. The lowest BCUT2D eigenvalue weighted by molar-refractivity contribution is 0.0688. The minimum atomic E-state index is -3.73. The number of sulfonamides is 1. The summed E-state index contributed by atoms with van der Waals surface area (Å²) in [6.07, 6.45) is 4.58. The van der Waals surface area contributed by atoms with Gasteiger partial charge in [0.1, 0.15) is 10.6 Å². The van der Waals surface area contributed by atoms with Gasteiger partial charge in [-0.15, -0.1) is 0 Å². The molecule has 128 valence electrons. The Morgan fingerprint density at radius 3 is 2.65 bits per heavy atom. The zero-order valence-electron chi connectivity index (χ0n) is 13.4. The van der Waals surface area contributed by atoms with Crippen LogP contribution >= 0.6 is 0 Å². The summed E-state index contributed by atoms with van der Waals surface area (Å²) in [5.41, 5.74) is -0.367. The van der Waals surface area contributed by atoms with Gasteiger partial charge in [0.05, 0.1) is 11.6 Å². The molecule has 7 nitrogen and oxygen atoms in total. The summed E-state index contributed by atoms with van der Waals surface area (Å²) in [4.78, 5) is 11.9. The second-order valence-electron chi connectivity index (χ2n) is 6.44. The third-order valence-electron chi connectivity index (χ3n) is 5.22. The molecule has 2 N–H and O–H groups in total. The monoisotopic (exact) mass is 341 g/mol. The fourth-order valence-corrected chi connectivity index (χ4v) is 5.92. The summed E-state index contributed by atoms with van der Waals surface area (Å²) >= 11 is 0. The average molecular weight is 341 g/mol. The zero-order valence-corrected chi connectivity index (χ0v) is 14.3. The Morgan fingerprint density at radius 2 is 2.04 bits per heavy atom. The van der Waals surface area contributed by atoms with Crippen molar-refractivity contribution in [2.24, 2.45) is 7.05 Å². The number of rotatable bonds is 3. The molecule has 1 aromatic rings. The highest BCUT2D eigenvalue weighted by Crippen LogP contribution is 2.46. The van der Waals surface area contributed by atoms with E-state index < -0.39 is 21.7 Å². The van der Waals surface area contributed by atoms with Gasteiger partial charge in [-0.1, -0.05) is 12.8 Å². The van der Waals surface area contributed by atoms with Gasteiger partial charge in [0, 0.05) is 26.8 Å². The summed E-state index contributed by atoms with van der Waals surface area (Å²) in [7, 11) is -0.580. The number of carbonyl (C=O) groups excluding carboxylic acids is 1. The minimum Gasteiger partial charge on any atom is -0.391 e. The molecular formula is C15H23N3O4S. The predicted molar refractivity (Wildman–Crippen MR) is 84.5 cm³/mol. The molecular weight excluding hydrogens is 318 g/mol. The third-order valence-corrected chi connectivity index (χ3v) is 7.16. The van der Waals surface area contributed by atoms with E-state index >= 15 is 0 Å². The summed E-state index contributed by atoms with van der Waals surface area (Å²) in [6.45, 7) is 0.327. The number of hydrogen-bond donors (Lipinski definition) is 2. The van der Waals surface area contributed by atoms with Gasteiger partial charge in [0.15, 0.2) is 0 Å². The van der Waals surface area contributed by atoms with Crippen LogP contribution in [0.3, 0.4) is 0 Å². The van der Waals surface area contributed by atoms with Crippen molar-refractivity contribution in [1.29, 1.82) is 0 Å². The van der Waals surface area contributed by atoms with Crippen molar-refractivity contribution in [3.63, 3.8) is 0 Å². The van der Waals surface area contributed by atoms with E-state index in [9.17, 15) is 18.3 Å². The number of aromatic nitrogens is 1. The highest BCUT2D eigenvalue weighted by atomic mass is 32.2. The quantitative estimate of drug-likeness (QED) is 0.835. The molecule has 23 heavy (non-hydrogen) atoms. The lowest BCUT2D eigenvalue weighted by Gasteiger charge is -2.36. The molecule has 1 spiro atoms. The van der Waals surface area contributed by atoms with Crippen molar-refractivity contribution in [3.8, 4) is 0 Å². The Morgan fingerprint density at radius 1 is 1.39 bits per heavy atom. The maximum absolute atomic E-state index is 13.1. The van der Waals surface area contributed by atoms with E-state index in [1.165, 1.54) is 28.2 Å². The highest BCUT2D eigenvalue weighted by molar-refractivity contribution is 7.89. The van der Waals surface area contributed by atoms with Crippen molar-refractivity contribution >= 4 is 15.9 Å². The van der Waals surface area contributed by atoms with Gasteiger partial charge >= 0.3 is 0 Å². The Hall–Kier alpha value is -1.38. The lowest BCUT2D eigenvalue weighted by atomic mass is 9.93. The van der Waals surface area contributed by atoms with Crippen molar-refractivity contribution in [2.45, 2.75) is 48.6 Å². The fraction of sp³-hybridized carbons (Fsp3) is 0.667. The smallest absolute Gasteiger partial charge is 0.267 e. The van der Waals surface area contributed by atoms with Gasteiger partial charge in [0.2, 0.25) is 10.0 Å². The molecule has 3 rings (SSSR count). The standard InChI is InChI=1S/C15H23N3O4S/c1-16-14(20)12-9-11(10-17(12)2)23(21,22)18-8-5-13(19)15(18)6-3-4-7-15/h9-10,13,19H,3-8H2,1-2H3,(H,16,20)/t13-/m1/s1.